The maximum atomic E-state index is 12.8. The van der Waals surface area contributed by atoms with Crippen LogP contribution in [0.5, 0.6) is 0 Å². The van der Waals surface area contributed by atoms with Gasteiger partial charge in [-0.3, -0.25) is 9.59 Å². The third-order valence-electron chi connectivity index (χ3n) is 4.62. The van der Waals surface area contributed by atoms with E-state index < -0.39 is 30.0 Å². The Kier molecular flexibility index (Phi) is 8.58. The Bertz CT molecular complexity index is 936. The summed E-state index contributed by atoms with van der Waals surface area (Å²) in [6, 6.07) is 15.9. The molecule has 0 heterocycles. The molecule has 0 aliphatic rings. The van der Waals surface area contributed by atoms with Gasteiger partial charge in [-0.15, -0.1) is 0 Å². The van der Waals surface area contributed by atoms with Gasteiger partial charge < -0.3 is 21.1 Å². The summed E-state index contributed by atoms with van der Waals surface area (Å²) in [5.74, 6) is -1.50. The van der Waals surface area contributed by atoms with Gasteiger partial charge in [0.15, 0.2) is 0 Å². The molecular formula is C23H26N4O4. The maximum Gasteiger partial charge on any atom is 0.408 e. The van der Waals surface area contributed by atoms with Gasteiger partial charge in [0.1, 0.15) is 18.7 Å². The van der Waals surface area contributed by atoms with Crippen molar-refractivity contribution in [1.29, 1.82) is 5.26 Å². The quantitative estimate of drug-likeness (QED) is 0.568. The minimum Gasteiger partial charge on any atom is -0.445 e. The van der Waals surface area contributed by atoms with Crippen molar-refractivity contribution in [3.63, 3.8) is 0 Å². The standard InChI is InChI=1S/C23H26N4O4/c1-15(2)20(27-23(30)31-14-18-6-4-3-5-7-18)22(29)26-19(21(25)28)12-16-8-10-17(13-24)11-9-16/h3-11,15,19-20H,12,14H2,1-2H3,(H2,25,28)(H,26,29)(H,27,30)/t19-,20-/m0/s1. The zero-order valence-corrected chi connectivity index (χ0v) is 17.5. The molecule has 2 atom stereocenters. The van der Waals surface area contributed by atoms with E-state index in [1.54, 1.807) is 38.1 Å². The van der Waals surface area contributed by atoms with Crippen molar-refractivity contribution >= 4 is 17.9 Å². The van der Waals surface area contributed by atoms with Gasteiger partial charge in [-0.05, 0) is 29.2 Å². The predicted molar refractivity (Wildman–Crippen MR) is 114 cm³/mol. The van der Waals surface area contributed by atoms with E-state index in [9.17, 15) is 14.4 Å². The summed E-state index contributed by atoms with van der Waals surface area (Å²) in [4.78, 5) is 36.8. The Hall–Kier alpha value is -3.86. The van der Waals surface area contributed by atoms with E-state index >= 15 is 0 Å². The second-order valence-electron chi connectivity index (χ2n) is 7.40. The molecule has 0 fully saturated rings. The molecule has 2 aromatic carbocycles. The fourth-order valence-corrected chi connectivity index (χ4v) is 2.86. The molecule has 0 radical (unpaired) electrons. The number of amides is 3. The molecule has 0 saturated carbocycles. The SMILES string of the molecule is CC(C)[C@H](NC(=O)OCc1ccccc1)C(=O)N[C@@H](Cc1ccc(C#N)cc1)C(N)=O. The molecule has 0 aromatic heterocycles. The largest absolute Gasteiger partial charge is 0.445 e. The summed E-state index contributed by atoms with van der Waals surface area (Å²) in [6.07, 6.45) is -0.573. The van der Waals surface area contributed by atoms with E-state index in [-0.39, 0.29) is 18.9 Å². The number of nitrogens with zero attached hydrogens (tertiary/aromatic N) is 1. The van der Waals surface area contributed by atoms with Crippen molar-refractivity contribution in [3.05, 3.63) is 71.3 Å². The highest BCUT2D eigenvalue weighted by atomic mass is 16.5. The first kappa shape index (κ1) is 23.4. The minimum atomic E-state index is -0.969. The lowest BCUT2D eigenvalue weighted by atomic mass is 10.0. The van der Waals surface area contributed by atoms with Crippen LogP contribution in [0.25, 0.3) is 0 Å². The first-order valence-electron chi connectivity index (χ1n) is 9.86. The number of benzene rings is 2. The van der Waals surface area contributed by atoms with Crippen LogP contribution in [0.15, 0.2) is 54.6 Å². The number of hydrogen-bond donors (Lipinski definition) is 3. The lowest BCUT2D eigenvalue weighted by Crippen LogP contribution is -2.55. The van der Waals surface area contributed by atoms with E-state index in [4.69, 9.17) is 15.7 Å². The first-order chi connectivity index (χ1) is 14.8. The van der Waals surface area contributed by atoms with Crippen LogP contribution in [0.4, 0.5) is 4.79 Å². The number of alkyl carbamates (subject to hydrolysis) is 1. The summed E-state index contributed by atoms with van der Waals surface area (Å²) in [5, 5.41) is 14.0. The summed E-state index contributed by atoms with van der Waals surface area (Å²) >= 11 is 0. The number of carbonyl (C=O) groups is 3. The molecule has 0 saturated heterocycles. The summed E-state index contributed by atoms with van der Waals surface area (Å²) in [7, 11) is 0. The van der Waals surface area contributed by atoms with Crippen molar-refractivity contribution in [2.75, 3.05) is 0 Å². The monoisotopic (exact) mass is 422 g/mol. The fourth-order valence-electron chi connectivity index (χ4n) is 2.86. The molecule has 0 aliphatic heterocycles. The third-order valence-corrected chi connectivity index (χ3v) is 4.62. The summed E-state index contributed by atoms with van der Waals surface area (Å²) < 4.78 is 5.18. The van der Waals surface area contributed by atoms with Crippen molar-refractivity contribution in [2.45, 2.75) is 39.0 Å². The van der Waals surface area contributed by atoms with Gasteiger partial charge in [0.25, 0.3) is 0 Å². The number of primary amides is 1. The Morgan fingerprint density at radius 2 is 1.65 bits per heavy atom. The summed E-state index contributed by atoms with van der Waals surface area (Å²) in [6.45, 7) is 3.60. The number of rotatable bonds is 9. The molecule has 8 nitrogen and oxygen atoms in total. The minimum absolute atomic E-state index is 0.0711. The normalized spacial score (nSPS) is 12.3. The number of nitrogens with one attached hydrogen (secondary N) is 2. The molecule has 0 aliphatic carbocycles. The molecule has 0 spiro atoms. The highest BCUT2D eigenvalue weighted by Crippen LogP contribution is 2.09. The number of ether oxygens (including phenoxy) is 1. The predicted octanol–water partition coefficient (Wildman–Crippen LogP) is 2.02. The molecule has 0 bridgehead atoms. The molecule has 8 heteroatoms. The molecule has 2 aromatic rings. The van der Waals surface area contributed by atoms with E-state index in [0.717, 1.165) is 11.1 Å². The number of nitriles is 1. The van der Waals surface area contributed by atoms with Crippen LogP contribution in [0, 0.1) is 17.2 Å². The highest BCUT2D eigenvalue weighted by molar-refractivity contribution is 5.91. The Morgan fingerprint density at radius 3 is 2.19 bits per heavy atom. The van der Waals surface area contributed by atoms with Gasteiger partial charge in [-0.25, -0.2) is 4.79 Å². The van der Waals surface area contributed by atoms with Crippen LogP contribution in [-0.2, 0) is 27.4 Å². The smallest absolute Gasteiger partial charge is 0.408 e. The van der Waals surface area contributed by atoms with E-state index in [1.807, 2.05) is 36.4 Å². The molecule has 4 N–H and O–H groups in total. The molecule has 3 amide bonds. The van der Waals surface area contributed by atoms with Crippen LogP contribution in [0.2, 0.25) is 0 Å². The fraction of sp³-hybridized carbons (Fsp3) is 0.304. The van der Waals surface area contributed by atoms with Crippen LogP contribution in [-0.4, -0.2) is 30.0 Å². The average molecular weight is 422 g/mol. The zero-order chi connectivity index (χ0) is 22.8. The highest BCUT2D eigenvalue weighted by Gasteiger charge is 2.28. The van der Waals surface area contributed by atoms with Crippen LogP contribution in [0.3, 0.4) is 0 Å². The van der Waals surface area contributed by atoms with Crippen molar-refractivity contribution in [3.8, 4) is 6.07 Å². The molecule has 31 heavy (non-hydrogen) atoms. The Labute approximate surface area is 181 Å². The first-order valence-corrected chi connectivity index (χ1v) is 9.86. The van der Waals surface area contributed by atoms with Gasteiger partial charge in [-0.2, -0.15) is 5.26 Å². The molecule has 162 valence electrons. The molecule has 0 unspecified atom stereocenters. The van der Waals surface area contributed by atoms with Gasteiger partial charge in [0.05, 0.1) is 11.6 Å². The van der Waals surface area contributed by atoms with Crippen LogP contribution < -0.4 is 16.4 Å². The van der Waals surface area contributed by atoms with Gasteiger partial charge in [0.2, 0.25) is 11.8 Å². The van der Waals surface area contributed by atoms with E-state index in [0.29, 0.717) is 5.56 Å². The Balaban J connectivity index is 1.98. The maximum absolute atomic E-state index is 12.8. The zero-order valence-electron chi connectivity index (χ0n) is 17.5. The average Bonchev–Trinajstić information content (AvgIpc) is 2.76. The van der Waals surface area contributed by atoms with Gasteiger partial charge in [-0.1, -0.05) is 56.3 Å². The van der Waals surface area contributed by atoms with Crippen LogP contribution in [0.1, 0.15) is 30.5 Å². The Morgan fingerprint density at radius 1 is 1.00 bits per heavy atom. The van der Waals surface area contributed by atoms with E-state index in [1.165, 1.54) is 0 Å². The lowest BCUT2D eigenvalue weighted by molar-refractivity contribution is -0.129. The molecule has 2 rings (SSSR count). The van der Waals surface area contributed by atoms with Crippen molar-refractivity contribution in [2.24, 2.45) is 11.7 Å². The second kappa shape index (κ2) is 11.4. The van der Waals surface area contributed by atoms with Crippen molar-refractivity contribution in [1.82, 2.24) is 10.6 Å². The number of hydrogen-bond acceptors (Lipinski definition) is 5. The van der Waals surface area contributed by atoms with E-state index in [2.05, 4.69) is 10.6 Å². The van der Waals surface area contributed by atoms with Gasteiger partial charge in [0, 0.05) is 6.42 Å². The van der Waals surface area contributed by atoms with Gasteiger partial charge >= 0.3 is 6.09 Å². The number of carbonyl (C=O) groups excluding carboxylic acids is 3. The third kappa shape index (κ3) is 7.48. The molecular weight excluding hydrogens is 396 g/mol. The summed E-state index contributed by atoms with van der Waals surface area (Å²) in [5.41, 5.74) is 7.50. The topological polar surface area (TPSA) is 134 Å². The van der Waals surface area contributed by atoms with Crippen molar-refractivity contribution < 1.29 is 19.1 Å². The second-order valence-corrected chi connectivity index (χ2v) is 7.40. The number of nitrogens with two attached hydrogens (primary N) is 1. The lowest BCUT2D eigenvalue weighted by Gasteiger charge is -2.24. The van der Waals surface area contributed by atoms with Crippen LogP contribution >= 0.6 is 0 Å².